The van der Waals surface area contributed by atoms with E-state index in [2.05, 4.69) is 164 Å². The number of rotatable bonds is 6. The van der Waals surface area contributed by atoms with E-state index in [1.54, 1.807) is 0 Å². The van der Waals surface area contributed by atoms with Gasteiger partial charge < -0.3 is 4.42 Å². The normalized spacial score (nSPS) is 11.4. The lowest BCUT2D eigenvalue weighted by molar-refractivity contribution is 0.669. The highest BCUT2D eigenvalue weighted by Crippen LogP contribution is 2.38. The number of fused-ring (bicyclic) bond motifs is 4. The standard InChI is InChI=1S/C49H31N3O/c1-3-12-32(13-4-1)33-24-26-36(27-25-33)47-50-48(38-19-9-18-37(30-38)41-21-10-17-34-16-7-8-20-40(34)41)52-49(51-47)39-28-29-43-45(31-39)53-44-23-11-22-42(46(43)44)35-14-5-2-6-15-35/h1-31H. The summed E-state index contributed by atoms with van der Waals surface area (Å²) in [5, 5.41) is 4.56. The molecule has 2 aromatic heterocycles. The van der Waals surface area contributed by atoms with Crippen LogP contribution < -0.4 is 0 Å². The third kappa shape index (κ3) is 5.63. The maximum absolute atomic E-state index is 6.49. The van der Waals surface area contributed by atoms with E-state index in [0.29, 0.717) is 17.5 Å². The molecule has 0 radical (unpaired) electrons. The zero-order valence-electron chi connectivity index (χ0n) is 28.6. The van der Waals surface area contributed by atoms with Crippen molar-refractivity contribution in [1.29, 1.82) is 0 Å². The largest absolute Gasteiger partial charge is 0.456 e. The van der Waals surface area contributed by atoms with Gasteiger partial charge in [-0.2, -0.15) is 0 Å². The average Bonchev–Trinajstić information content (AvgIpc) is 3.62. The van der Waals surface area contributed by atoms with Crippen LogP contribution in [0.5, 0.6) is 0 Å². The van der Waals surface area contributed by atoms with Gasteiger partial charge in [0.2, 0.25) is 0 Å². The Hall–Kier alpha value is -7.17. The highest BCUT2D eigenvalue weighted by atomic mass is 16.3. The maximum Gasteiger partial charge on any atom is 0.164 e. The minimum atomic E-state index is 0.582. The Morgan fingerprint density at radius 1 is 0.302 bits per heavy atom. The first-order chi connectivity index (χ1) is 26.2. The van der Waals surface area contributed by atoms with Gasteiger partial charge in [-0.1, -0.05) is 164 Å². The van der Waals surface area contributed by atoms with E-state index in [-0.39, 0.29) is 0 Å². The lowest BCUT2D eigenvalue weighted by atomic mass is 9.97. The van der Waals surface area contributed by atoms with Gasteiger partial charge in [-0.25, -0.2) is 15.0 Å². The van der Waals surface area contributed by atoms with E-state index >= 15 is 0 Å². The van der Waals surface area contributed by atoms with Crippen molar-refractivity contribution in [2.45, 2.75) is 0 Å². The third-order valence-electron chi connectivity index (χ3n) is 9.95. The second kappa shape index (κ2) is 12.9. The predicted octanol–water partition coefficient (Wildman–Crippen LogP) is 12.9. The number of hydrogen-bond donors (Lipinski definition) is 0. The van der Waals surface area contributed by atoms with Gasteiger partial charge >= 0.3 is 0 Å². The van der Waals surface area contributed by atoms with Crippen molar-refractivity contribution in [1.82, 2.24) is 15.0 Å². The lowest BCUT2D eigenvalue weighted by Gasteiger charge is -2.11. The van der Waals surface area contributed by atoms with E-state index in [1.165, 1.54) is 16.3 Å². The van der Waals surface area contributed by atoms with Crippen molar-refractivity contribution in [3.63, 3.8) is 0 Å². The summed E-state index contributed by atoms with van der Waals surface area (Å²) >= 11 is 0. The van der Waals surface area contributed by atoms with Gasteiger partial charge in [0.15, 0.2) is 17.5 Å². The highest BCUT2D eigenvalue weighted by Gasteiger charge is 2.17. The maximum atomic E-state index is 6.49. The van der Waals surface area contributed by atoms with Crippen molar-refractivity contribution in [2.75, 3.05) is 0 Å². The summed E-state index contributed by atoms with van der Waals surface area (Å²) in [4.78, 5) is 15.3. The summed E-state index contributed by atoms with van der Waals surface area (Å²) in [6, 6.07) is 65.2. The van der Waals surface area contributed by atoms with Crippen LogP contribution in [0.15, 0.2) is 192 Å². The molecular formula is C49H31N3O. The van der Waals surface area contributed by atoms with E-state index < -0.39 is 0 Å². The number of furan rings is 1. The van der Waals surface area contributed by atoms with Crippen LogP contribution >= 0.6 is 0 Å². The smallest absolute Gasteiger partial charge is 0.164 e. The Morgan fingerprint density at radius 2 is 0.830 bits per heavy atom. The van der Waals surface area contributed by atoms with Crippen molar-refractivity contribution >= 4 is 32.7 Å². The fraction of sp³-hybridized carbons (Fsp3) is 0. The molecule has 4 nitrogen and oxygen atoms in total. The fourth-order valence-electron chi connectivity index (χ4n) is 7.33. The molecule has 0 aliphatic rings. The second-order valence-electron chi connectivity index (χ2n) is 13.2. The Labute approximate surface area is 306 Å². The van der Waals surface area contributed by atoms with Crippen LogP contribution in [-0.2, 0) is 0 Å². The van der Waals surface area contributed by atoms with Gasteiger partial charge in [-0.15, -0.1) is 0 Å². The molecule has 0 saturated heterocycles. The zero-order chi connectivity index (χ0) is 35.1. The van der Waals surface area contributed by atoms with E-state index in [4.69, 9.17) is 19.4 Å². The molecule has 0 aliphatic carbocycles. The van der Waals surface area contributed by atoms with Crippen molar-refractivity contribution in [3.05, 3.63) is 188 Å². The Morgan fingerprint density at radius 3 is 1.62 bits per heavy atom. The highest BCUT2D eigenvalue weighted by molar-refractivity contribution is 6.13. The van der Waals surface area contributed by atoms with Crippen LogP contribution in [0.25, 0.3) is 100 Å². The van der Waals surface area contributed by atoms with Crippen molar-refractivity contribution < 1.29 is 4.42 Å². The molecule has 0 amide bonds. The van der Waals surface area contributed by atoms with Crippen molar-refractivity contribution in [3.8, 4) is 67.5 Å². The molecular weight excluding hydrogens is 647 g/mol. The fourth-order valence-corrected chi connectivity index (χ4v) is 7.33. The van der Waals surface area contributed by atoms with Crippen LogP contribution in [0, 0.1) is 0 Å². The van der Waals surface area contributed by atoms with Gasteiger partial charge in [-0.3, -0.25) is 0 Å². The quantitative estimate of drug-likeness (QED) is 0.176. The minimum Gasteiger partial charge on any atom is -0.456 e. The second-order valence-corrected chi connectivity index (χ2v) is 13.2. The van der Waals surface area contributed by atoms with E-state index in [0.717, 1.165) is 66.4 Å². The van der Waals surface area contributed by atoms with Gasteiger partial charge in [0.1, 0.15) is 11.2 Å². The lowest BCUT2D eigenvalue weighted by Crippen LogP contribution is -2.00. The van der Waals surface area contributed by atoms with Crippen molar-refractivity contribution in [2.24, 2.45) is 0 Å². The first-order valence-electron chi connectivity index (χ1n) is 17.8. The van der Waals surface area contributed by atoms with E-state index in [9.17, 15) is 0 Å². The molecule has 10 rings (SSSR count). The van der Waals surface area contributed by atoms with Gasteiger partial charge in [0.05, 0.1) is 0 Å². The Bertz CT molecular complexity index is 2930. The van der Waals surface area contributed by atoms with Crippen LogP contribution in [0.3, 0.4) is 0 Å². The van der Waals surface area contributed by atoms with Crippen LogP contribution in [-0.4, -0.2) is 15.0 Å². The summed E-state index contributed by atoms with van der Waals surface area (Å²) in [6.45, 7) is 0. The number of benzene rings is 8. The summed E-state index contributed by atoms with van der Waals surface area (Å²) < 4.78 is 6.49. The molecule has 4 heteroatoms. The third-order valence-corrected chi connectivity index (χ3v) is 9.95. The van der Waals surface area contributed by atoms with Crippen LogP contribution in [0.2, 0.25) is 0 Å². The molecule has 0 fully saturated rings. The molecule has 0 spiro atoms. The van der Waals surface area contributed by atoms with Gasteiger partial charge in [-0.05, 0) is 68.4 Å². The topological polar surface area (TPSA) is 51.8 Å². The average molecular weight is 678 g/mol. The molecule has 0 bridgehead atoms. The monoisotopic (exact) mass is 677 g/mol. The van der Waals surface area contributed by atoms with Crippen LogP contribution in [0.4, 0.5) is 0 Å². The van der Waals surface area contributed by atoms with E-state index in [1.807, 2.05) is 24.3 Å². The molecule has 10 aromatic rings. The summed E-state index contributed by atoms with van der Waals surface area (Å²) in [5.74, 6) is 1.80. The number of nitrogens with zero attached hydrogens (tertiary/aromatic N) is 3. The van der Waals surface area contributed by atoms with Gasteiger partial charge in [0.25, 0.3) is 0 Å². The molecule has 0 unspecified atom stereocenters. The summed E-state index contributed by atoms with van der Waals surface area (Å²) in [6.07, 6.45) is 0. The molecule has 8 aromatic carbocycles. The molecule has 0 N–H and O–H groups in total. The molecule has 0 aliphatic heterocycles. The minimum absolute atomic E-state index is 0.582. The summed E-state index contributed by atoms with van der Waals surface area (Å²) in [7, 11) is 0. The summed E-state index contributed by atoms with van der Waals surface area (Å²) in [5.41, 5.74) is 11.2. The van der Waals surface area contributed by atoms with Gasteiger partial charge in [0, 0.05) is 27.5 Å². The number of hydrogen-bond acceptors (Lipinski definition) is 4. The number of aromatic nitrogens is 3. The molecule has 248 valence electrons. The predicted molar refractivity (Wildman–Crippen MR) is 217 cm³/mol. The first-order valence-corrected chi connectivity index (χ1v) is 17.8. The van der Waals surface area contributed by atoms with Crippen LogP contribution in [0.1, 0.15) is 0 Å². The Kier molecular flexibility index (Phi) is 7.43. The molecule has 0 saturated carbocycles. The molecule has 2 heterocycles. The SMILES string of the molecule is c1ccc(-c2ccc(-c3nc(-c4cccc(-c5cccc6ccccc56)c4)nc(-c4ccc5c(c4)oc4cccc(-c6ccccc6)c45)n3)cc2)cc1. The zero-order valence-corrected chi connectivity index (χ0v) is 28.6. The molecule has 0 atom stereocenters. The first kappa shape index (κ1) is 30.6. The Balaban J connectivity index is 1.12. The molecule has 53 heavy (non-hydrogen) atoms.